The molecule has 1 aliphatic carbocycles. The first-order valence-electron chi connectivity index (χ1n) is 7.31. The standard InChI is InChI=1S/C15H20N4OS/c1-9(2)14-18-17-12(19(14)3)8-16-15(20)13-11(6-7-21-13)10-4-5-10/h6-7,9-10H,4-5,8H2,1-3H3,(H,16,20). The monoisotopic (exact) mass is 304 g/mol. The fourth-order valence-corrected chi connectivity index (χ4v) is 3.39. The number of nitrogens with zero attached hydrogens (tertiary/aromatic N) is 3. The van der Waals surface area contributed by atoms with Crippen LogP contribution < -0.4 is 5.32 Å². The molecule has 2 heterocycles. The van der Waals surface area contributed by atoms with Crippen molar-refractivity contribution in [3.05, 3.63) is 33.5 Å². The zero-order valence-electron chi connectivity index (χ0n) is 12.6. The van der Waals surface area contributed by atoms with Crippen molar-refractivity contribution in [1.29, 1.82) is 0 Å². The van der Waals surface area contributed by atoms with Crippen LogP contribution in [-0.2, 0) is 13.6 Å². The van der Waals surface area contributed by atoms with Gasteiger partial charge in [0.15, 0.2) is 5.82 Å². The molecular formula is C15H20N4OS. The van der Waals surface area contributed by atoms with Crippen molar-refractivity contribution < 1.29 is 4.79 Å². The molecule has 21 heavy (non-hydrogen) atoms. The Labute approximate surface area is 128 Å². The maximum absolute atomic E-state index is 12.3. The lowest BCUT2D eigenvalue weighted by Crippen LogP contribution is -2.24. The van der Waals surface area contributed by atoms with Gasteiger partial charge in [-0.25, -0.2) is 0 Å². The molecule has 0 aromatic carbocycles. The number of carbonyl (C=O) groups excluding carboxylic acids is 1. The molecule has 0 bridgehead atoms. The van der Waals surface area contributed by atoms with Gasteiger partial charge in [0.1, 0.15) is 5.82 Å². The summed E-state index contributed by atoms with van der Waals surface area (Å²) in [6.07, 6.45) is 2.41. The van der Waals surface area contributed by atoms with Crippen LogP contribution in [0.15, 0.2) is 11.4 Å². The summed E-state index contributed by atoms with van der Waals surface area (Å²) in [4.78, 5) is 13.2. The minimum absolute atomic E-state index is 0.000923. The van der Waals surface area contributed by atoms with E-state index in [9.17, 15) is 4.79 Å². The number of nitrogens with one attached hydrogen (secondary N) is 1. The largest absolute Gasteiger partial charge is 0.344 e. The van der Waals surface area contributed by atoms with Crippen LogP contribution in [0.5, 0.6) is 0 Å². The van der Waals surface area contributed by atoms with Crippen molar-refractivity contribution in [1.82, 2.24) is 20.1 Å². The van der Waals surface area contributed by atoms with Gasteiger partial charge in [0.25, 0.3) is 5.91 Å². The molecule has 6 heteroatoms. The summed E-state index contributed by atoms with van der Waals surface area (Å²) >= 11 is 1.52. The third-order valence-corrected chi connectivity index (χ3v) is 4.77. The van der Waals surface area contributed by atoms with Crippen molar-refractivity contribution in [3.8, 4) is 0 Å². The highest BCUT2D eigenvalue weighted by Crippen LogP contribution is 2.43. The molecule has 0 aliphatic heterocycles. The molecule has 1 fully saturated rings. The average molecular weight is 304 g/mol. The topological polar surface area (TPSA) is 59.8 Å². The quantitative estimate of drug-likeness (QED) is 0.924. The third-order valence-electron chi connectivity index (χ3n) is 3.84. The lowest BCUT2D eigenvalue weighted by atomic mass is 10.1. The Morgan fingerprint density at radius 1 is 1.48 bits per heavy atom. The van der Waals surface area contributed by atoms with E-state index in [0.29, 0.717) is 18.4 Å². The van der Waals surface area contributed by atoms with Crippen LogP contribution in [0.25, 0.3) is 0 Å². The molecular weight excluding hydrogens is 284 g/mol. The smallest absolute Gasteiger partial charge is 0.262 e. The Morgan fingerprint density at radius 2 is 2.24 bits per heavy atom. The van der Waals surface area contributed by atoms with Crippen LogP contribution in [0.1, 0.15) is 65.4 Å². The van der Waals surface area contributed by atoms with Crippen molar-refractivity contribution >= 4 is 17.2 Å². The number of amides is 1. The molecule has 1 aliphatic rings. The van der Waals surface area contributed by atoms with Gasteiger partial charge in [-0.15, -0.1) is 21.5 Å². The second-order valence-corrected chi connectivity index (χ2v) is 6.77. The van der Waals surface area contributed by atoms with Gasteiger partial charge in [-0.1, -0.05) is 13.8 Å². The average Bonchev–Trinajstić information content (AvgIpc) is 3.05. The molecule has 1 N–H and O–H groups in total. The lowest BCUT2D eigenvalue weighted by molar-refractivity contribution is 0.0952. The summed E-state index contributed by atoms with van der Waals surface area (Å²) < 4.78 is 1.96. The van der Waals surface area contributed by atoms with E-state index in [1.54, 1.807) is 0 Å². The van der Waals surface area contributed by atoms with Gasteiger partial charge in [-0.2, -0.15) is 0 Å². The Bertz CT molecular complexity index is 654. The fourth-order valence-electron chi connectivity index (χ4n) is 2.49. The maximum Gasteiger partial charge on any atom is 0.262 e. The zero-order valence-corrected chi connectivity index (χ0v) is 13.4. The molecule has 0 saturated heterocycles. The first-order chi connectivity index (χ1) is 10.1. The zero-order chi connectivity index (χ0) is 15.0. The molecule has 1 amide bonds. The van der Waals surface area contributed by atoms with E-state index in [0.717, 1.165) is 16.5 Å². The summed E-state index contributed by atoms with van der Waals surface area (Å²) in [5, 5.41) is 13.3. The molecule has 3 rings (SSSR count). The van der Waals surface area contributed by atoms with Crippen molar-refractivity contribution in [2.45, 2.75) is 45.1 Å². The van der Waals surface area contributed by atoms with E-state index in [1.165, 1.54) is 29.7 Å². The van der Waals surface area contributed by atoms with Crippen molar-refractivity contribution in [3.63, 3.8) is 0 Å². The number of hydrogen-bond donors (Lipinski definition) is 1. The first kappa shape index (κ1) is 14.3. The molecule has 0 radical (unpaired) electrons. The number of thiophene rings is 1. The number of carbonyl (C=O) groups is 1. The predicted molar refractivity (Wildman–Crippen MR) is 82.6 cm³/mol. The van der Waals surface area contributed by atoms with Gasteiger partial charge >= 0.3 is 0 Å². The molecule has 5 nitrogen and oxygen atoms in total. The minimum atomic E-state index is 0.000923. The summed E-state index contributed by atoms with van der Waals surface area (Å²) in [7, 11) is 1.94. The fraction of sp³-hybridized carbons (Fsp3) is 0.533. The second kappa shape index (κ2) is 5.60. The van der Waals surface area contributed by atoms with Crippen LogP contribution >= 0.6 is 11.3 Å². The van der Waals surface area contributed by atoms with Crippen molar-refractivity contribution in [2.75, 3.05) is 0 Å². The molecule has 0 atom stereocenters. The van der Waals surface area contributed by atoms with Crippen LogP contribution in [0.3, 0.4) is 0 Å². The van der Waals surface area contributed by atoms with E-state index in [1.807, 2.05) is 17.0 Å². The minimum Gasteiger partial charge on any atom is -0.344 e. The summed E-state index contributed by atoms with van der Waals surface area (Å²) in [6, 6.07) is 2.08. The van der Waals surface area contributed by atoms with Gasteiger partial charge in [0, 0.05) is 13.0 Å². The molecule has 0 spiro atoms. The highest BCUT2D eigenvalue weighted by Gasteiger charge is 2.28. The van der Waals surface area contributed by atoms with Crippen molar-refractivity contribution in [2.24, 2.45) is 7.05 Å². The number of rotatable bonds is 5. The summed E-state index contributed by atoms with van der Waals surface area (Å²) in [5.74, 6) is 2.65. The Balaban J connectivity index is 1.67. The van der Waals surface area contributed by atoms with Gasteiger partial charge in [-0.3, -0.25) is 4.79 Å². The summed E-state index contributed by atoms with van der Waals surface area (Å²) in [6.45, 7) is 4.58. The predicted octanol–water partition coefficient (Wildman–Crippen LogP) is 2.81. The third kappa shape index (κ3) is 2.85. The van der Waals surface area contributed by atoms with Crippen LogP contribution in [0.4, 0.5) is 0 Å². The number of aromatic nitrogens is 3. The van der Waals surface area contributed by atoms with E-state index >= 15 is 0 Å². The molecule has 1 saturated carbocycles. The second-order valence-electron chi connectivity index (χ2n) is 5.85. The molecule has 2 aromatic heterocycles. The van der Waals surface area contributed by atoms with Crippen LogP contribution in [-0.4, -0.2) is 20.7 Å². The maximum atomic E-state index is 12.3. The molecule has 112 valence electrons. The highest BCUT2D eigenvalue weighted by molar-refractivity contribution is 7.12. The van der Waals surface area contributed by atoms with E-state index in [-0.39, 0.29) is 5.91 Å². The molecule has 2 aromatic rings. The Morgan fingerprint density at radius 3 is 2.86 bits per heavy atom. The van der Waals surface area contributed by atoms with E-state index in [4.69, 9.17) is 0 Å². The summed E-state index contributed by atoms with van der Waals surface area (Å²) in [5.41, 5.74) is 1.21. The highest BCUT2D eigenvalue weighted by atomic mass is 32.1. The normalized spacial score (nSPS) is 14.7. The number of hydrogen-bond acceptors (Lipinski definition) is 4. The Kier molecular flexibility index (Phi) is 3.80. The molecule has 0 unspecified atom stereocenters. The van der Waals surface area contributed by atoms with E-state index < -0.39 is 0 Å². The van der Waals surface area contributed by atoms with Crippen LogP contribution in [0.2, 0.25) is 0 Å². The van der Waals surface area contributed by atoms with Gasteiger partial charge < -0.3 is 9.88 Å². The van der Waals surface area contributed by atoms with Gasteiger partial charge in [0.2, 0.25) is 0 Å². The van der Waals surface area contributed by atoms with Gasteiger partial charge in [0.05, 0.1) is 11.4 Å². The Hall–Kier alpha value is -1.69. The SMILES string of the molecule is CC(C)c1nnc(CNC(=O)c2sccc2C2CC2)n1C. The van der Waals surface area contributed by atoms with E-state index in [2.05, 4.69) is 35.4 Å². The first-order valence-corrected chi connectivity index (χ1v) is 8.19. The lowest BCUT2D eigenvalue weighted by Gasteiger charge is -2.07. The van der Waals surface area contributed by atoms with Gasteiger partial charge in [-0.05, 0) is 35.8 Å². The van der Waals surface area contributed by atoms with Crippen LogP contribution in [0, 0.1) is 0 Å².